The molecule has 0 saturated carbocycles. The van der Waals surface area contributed by atoms with Gasteiger partial charge in [-0.05, 0) is 17.7 Å². The first-order valence-electron chi connectivity index (χ1n) is 10.7. The molecule has 0 aliphatic heterocycles. The monoisotopic (exact) mass is 456 g/mol. The van der Waals surface area contributed by atoms with Crippen LogP contribution in [0.3, 0.4) is 0 Å². The molecule has 7 heteroatoms. The van der Waals surface area contributed by atoms with Crippen molar-refractivity contribution in [1.29, 1.82) is 0 Å². The topological polar surface area (TPSA) is 93.7 Å². The molecule has 3 aromatic carbocycles. The Bertz CT molecular complexity index is 1270. The van der Waals surface area contributed by atoms with Gasteiger partial charge in [0.2, 0.25) is 11.7 Å². The van der Waals surface area contributed by atoms with Crippen molar-refractivity contribution in [3.63, 3.8) is 0 Å². The lowest BCUT2D eigenvalue weighted by Gasteiger charge is -2.23. The highest BCUT2D eigenvalue weighted by Gasteiger charge is 2.29. The summed E-state index contributed by atoms with van der Waals surface area (Å²) in [5.41, 5.74) is 2.06. The quantitative estimate of drug-likeness (QED) is 0.536. The number of hydrogen-bond donors (Lipinski definition) is 2. The Morgan fingerprint density at radius 2 is 1.59 bits per heavy atom. The number of ether oxygens (including phenoxy) is 2. The van der Waals surface area contributed by atoms with Gasteiger partial charge in [-0.3, -0.25) is 14.4 Å². The molecule has 172 valence electrons. The van der Waals surface area contributed by atoms with Crippen LogP contribution >= 0.6 is 0 Å². The third-order valence-electron chi connectivity index (χ3n) is 5.55. The van der Waals surface area contributed by atoms with E-state index in [1.165, 1.54) is 20.3 Å². The highest BCUT2D eigenvalue weighted by Crippen LogP contribution is 2.29. The van der Waals surface area contributed by atoms with Crippen LogP contribution in [-0.4, -0.2) is 37.7 Å². The predicted molar refractivity (Wildman–Crippen MR) is 128 cm³/mol. The van der Waals surface area contributed by atoms with Crippen LogP contribution in [0.5, 0.6) is 11.5 Å². The van der Waals surface area contributed by atoms with E-state index in [0.29, 0.717) is 34.7 Å². The van der Waals surface area contributed by atoms with E-state index < -0.39 is 11.9 Å². The van der Waals surface area contributed by atoms with Crippen molar-refractivity contribution >= 4 is 23.2 Å². The van der Waals surface area contributed by atoms with Crippen molar-refractivity contribution in [3.8, 4) is 11.5 Å². The molecule has 34 heavy (non-hydrogen) atoms. The third kappa shape index (κ3) is 4.83. The molecule has 1 aliphatic carbocycles. The Hall–Kier alpha value is -4.39. The van der Waals surface area contributed by atoms with E-state index in [0.717, 1.165) is 5.56 Å². The summed E-state index contributed by atoms with van der Waals surface area (Å²) < 4.78 is 10.6. The summed E-state index contributed by atoms with van der Waals surface area (Å²) in [5.74, 6) is 0.00202. The van der Waals surface area contributed by atoms with Crippen LogP contribution in [0.2, 0.25) is 0 Å². The molecule has 0 bridgehead atoms. The number of carbonyl (C=O) groups excluding carboxylic acids is 3. The van der Waals surface area contributed by atoms with Gasteiger partial charge in [0.15, 0.2) is 5.78 Å². The van der Waals surface area contributed by atoms with Crippen LogP contribution in [0.1, 0.15) is 26.3 Å². The summed E-state index contributed by atoms with van der Waals surface area (Å²) >= 11 is 0. The van der Waals surface area contributed by atoms with Gasteiger partial charge in [0, 0.05) is 29.7 Å². The van der Waals surface area contributed by atoms with E-state index >= 15 is 0 Å². The van der Waals surface area contributed by atoms with E-state index in [1.807, 2.05) is 30.3 Å². The zero-order chi connectivity index (χ0) is 24.1. The van der Waals surface area contributed by atoms with Crippen LogP contribution in [0, 0.1) is 0 Å². The van der Waals surface area contributed by atoms with Gasteiger partial charge < -0.3 is 20.1 Å². The lowest BCUT2D eigenvalue weighted by Crippen LogP contribution is -2.44. The molecular weight excluding hydrogens is 432 g/mol. The average molecular weight is 456 g/mol. The van der Waals surface area contributed by atoms with Gasteiger partial charge in [0.25, 0.3) is 0 Å². The van der Waals surface area contributed by atoms with Crippen molar-refractivity contribution in [2.45, 2.75) is 12.5 Å². The van der Waals surface area contributed by atoms with Gasteiger partial charge in [-0.25, -0.2) is 0 Å². The summed E-state index contributed by atoms with van der Waals surface area (Å²) in [6.07, 6.45) is 1.54. The number of Topliss-reactive ketones (excluding diaryl/α,β-unsaturated/α-hetero) is 1. The first-order valence-corrected chi connectivity index (χ1v) is 10.7. The van der Waals surface area contributed by atoms with Gasteiger partial charge in [-0.1, -0.05) is 54.6 Å². The van der Waals surface area contributed by atoms with Gasteiger partial charge in [-0.2, -0.15) is 0 Å². The highest BCUT2D eigenvalue weighted by molar-refractivity contribution is 6.24. The number of amides is 1. The molecule has 1 aliphatic rings. The molecular formula is C27H24N2O5. The average Bonchev–Trinajstić information content (AvgIpc) is 2.87. The van der Waals surface area contributed by atoms with E-state index in [-0.39, 0.29) is 17.3 Å². The Kier molecular flexibility index (Phi) is 6.73. The molecule has 3 aromatic rings. The molecule has 0 heterocycles. The second-order valence-corrected chi connectivity index (χ2v) is 7.74. The number of hydrogen-bond acceptors (Lipinski definition) is 6. The lowest BCUT2D eigenvalue weighted by atomic mass is 9.92. The van der Waals surface area contributed by atoms with Crippen molar-refractivity contribution < 1.29 is 23.9 Å². The zero-order valence-corrected chi connectivity index (χ0v) is 18.8. The number of allylic oxidation sites excluding steroid dienone is 2. The summed E-state index contributed by atoms with van der Waals surface area (Å²) in [6, 6.07) is 20.3. The molecule has 2 N–H and O–H groups in total. The minimum Gasteiger partial charge on any atom is -0.497 e. The lowest BCUT2D eigenvalue weighted by molar-refractivity contribution is -0.118. The summed E-state index contributed by atoms with van der Waals surface area (Å²) in [5, 5.41) is 5.88. The molecule has 0 spiro atoms. The molecule has 7 nitrogen and oxygen atoms in total. The Morgan fingerprint density at radius 3 is 2.29 bits per heavy atom. The second-order valence-electron chi connectivity index (χ2n) is 7.74. The van der Waals surface area contributed by atoms with E-state index in [9.17, 15) is 14.4 Å². The number of rotatable bonds is 8. The number of methoxy groups -OCH3 is 2. The smallest absolute Gasteiger partial charge is 0.247 e. The predicted octanol–water partition coefficient (Wildman–Crippen LogP) is 3.81. The minimum absolute atomic E-state index is 0.0809. The largest absolute Gasteiger partial charge is 0.497 e. The maximum atomic E-state index is 13.4. The van der Waals surface area contributed by atoms with Crippen molar-refractivity contribution in [1.82, 2.24) is 5.32 Å². The standard InChI is InChI=1S/C27H24N2O5/c1-33-18-12-13-25(34-2)21(15-18)29-27(32)23(14-17-8-4-3-5-9-17)28-22-16-24(30)19-10-6-7-11-20(19)26(22)31/h3-13,15-16,23,28H,14H2,1-2H3,(H,29,32)/t23-/m1/s1. The maximum Gasteiger partial charge on any atom is 0.247 e. The fourth-order valence-corrected chi connectivity index (χ4v) is 3.80. The van der Waals surface area contributed by atoms with Gasteiger partial charge in [0.05, 0.1) is 25.6 Å². The fraction of sp³-hybridized carbons (Fsp3) is 0.148. The number of anilines is 1. The summed E-state index contributed by atoms with van der Waals surface area (Å²) in [6.45, 7) is 0. The fourth-order valence-electron chi connectivity index (χ4n) is 3.80. The maximum absolute atomic E-state index is 13.4. The molecule has 0 radical (unpaired) electrons. The molecule has 1 atom stereocenters. The first kappa shape index (κ1) is 22.8. The summed E-state index contributed by atoms with van der Waals surface area (Å²) in [7, 11) is 3.04. The van der Waals surface area contributed by atoms with E-state index in [1.54, 1.807) is 42.5 Å². The Labute approximate surface area is 197 Å². The van der Waals surface area contributed by atoms with Crippen LogP contribution < -0.4 is 20.1 Å². The SMILES string of the molecule is COc1ccc(OC)c(NC(=O)[C@@H](Cc2ccccc2)NC2=CC(=O)c3ccccc3C2=O)c1. The molecule has 1 amide bonds. The minimum atomic E-state index is -0.841. The van der Waals surface area contributed by atoms with E-state index in [4.69, 9.17) is 9.47 Å². The third-order valence-corrected chi connectivity index (χ3v) is 5.55. The molecule has 4 rings (SSSR count). The van der Waals surface area contributed by atoms with Crippen LogP contribution in [0.25, 0.3) is 0 Å². The van der Waals surface area contributed by atoms with Crippen molar-refractivity contribution in [3.05, 3.63) is 101 Å². The molecule has 0 fully saturated rings. The highest BCUT2D eigenvalue weighted by atomic mass is 16.5. The summed E-state index contributed by atoms with van der Waals surface area (Å²) in [4.78, 5) is 39.1. The van der Waals surface area contributed by atoms with Crippen LogP contribution in [-0.2, 0) is 11.2 Å². The molecule has 0 saturated heterocycles. The zero-order valence-electron chi connectivity index (χ0n) is 18.8. The van der Waals surface area contributed by atoms with Crippen molar-refractivity contribution in [2.75, 3.05) is 19.5 Å². The van der Waals surface area contributed by atoms with Gasteiger partial charge >= 0.3 is 0 Å². The number of ketones is 2. The Balaban J connectivity index is 1.63. The van der Waals surface area contributed by atoms with E-state index in [2.05, 4.69) is 10.6 Å². The molecule has 0 aromatic heterocycles. The number of nitrogens with one attached hydrogen (secondary N) is 2. The molecule has 0 unspecified atom stereocenters. The first-order chi connectivity index (χ1) is 16.5. The van der Waals surface area contributed by atoms with Gasteiger partial charge in [0.1, 0.15) is 17.5 Å². The van der Waals surface area contributed by atoms with Crippen LogP contribution in [0.15, 0.2) is 84.6 Å². The normalized spacial score (nSPS) is 13.4. The number of benzene rings is 3. The number of carbonyl (C=O) groups is 3. The van der Waals surface area contributed by atoms with Crippen LogP contribution in [0.4, 0.5) is 5.69 Å². The second kappa shape index (κ2) is 10.0. The van der Waals surface area contributed by atoms with Gasteiger partial charge in [-0.15, -0.1) is 0 Å². The van der Waals surface area contributed by atoms with Crippen molar-refractivity contribution in [2.24, 2.45) is 0 Å². The number of fused-ring (bicyclic) bond motifs is 1. The Morgan fingerprint density at radius 1 is 0.882 bits per heavy atom.